The van der Waals surface area contributed by atoms with Crippen molar-refractivity contribution in [2.75, 3.05) is 14.2 Å². The van der Waals surface area contributed by atoms with Gasteiger partial charge in [-0.25, -0.2) is 4.39 Å². The van der Waals surface area contributed by atoms with Gasteiger partial charge in [-0.1, -0.05) is 48.5 Å². The van der Waals surface area contributed by atoms with Crippen molar-refractivity contribution in [1.82, 2.24) is 0 Å². The number of hydrogen-bond acceptors (Lipinski definition) is 3. The number of ether oxygens (including phenoxy) is 2. The van der Waals surface area contributed by atoms with Crippen LogP contribution in [0.2, 0.25) is 0 Å². The van der Waals surface area contributed by atoms with Crippen LogP contribution >= 0.6 is 0 Å². The van der Waals surface area contributed by atoms with Crippen LogP contribution in [-0.4, -0.2) is 20.0 Å². The van der Waals surface area contributed by atoms with Crippen molar-refractivity contribution in [3.05, 3.63) is 89.8 Å². The minimum atomic E-state index is -0.291. The molecule has 0 fully saturated rings. The largest absolute Gasteiger partial charge is 0.493 e. The lowest BCUT2D eigenvalue weighted by Gasteiger charge is -2.24. The molecule has 0 bridgehead atoms. The molecule has 1 aliphatic rings. The number of allylic oxidation sites excluding steroid dienone is 2. The molecule has 3 aromatic carbocycles. The summed E-state index contributed by atoms with van der Waals surface area (Å²) < 4.78 is 25.6. The zero-order chi connectivity index (χ0) is 21.1. The molecule has 0 saturated carbocycles. The summed E-state index contributed by atoms with van der Waals surface area (Å²) in [5.74, 6) is 1.05. The maximum Gasteiger partial charge on any atom is 0.160 e. The van der Waals surface area contributed by atoms with Gasteiger partial charge in [-0.15, -0.1) is 0 Å². The minimum absolute atomic E-state index is 0.00849. The Kier molecular flexibility index (Phi) is 5.66. The summed E-state index contributed by atoms with van der Waals surface area (Å²) in [5, 5.41) is 0. The van der Waals surface area contributed by atoms with Gasteiger partial charge in [0.15, 0.2) is 17.3 Å². The van der Waals surface area contributed by atoms with Crippen LogP contribution in [0.3, 0.4) is 0 Å². The lowest BCUT2D eigenvalue weighted by molar-refractivity contribution is -0.115. The highest BCUT2D eigenvalue weighted by atomic mass is 19.1. The first-order valence-electron chi connectivity index (χ1n) is 9.89. The molecule has 3 aromatic rings. The van der Waals surface area contributed by atoms with Gasteiger partial charge in [-0.2, -0.15) is 0 Å². The number of carbonyl (C=O) groups is 1. The summed E-state index contributed by atoms with van der Waals surface area (Å²) in [7, 11) is 3.19. The van der Waals surface area contributed by atoms with Gasteiger partial charge >= 0.3 is 0 Å². The van der Waals surface area contributed by atoms with Gasteiger partial charge in [0.1, 0.15) is 5.82 Å². The Morgan fingerprint density at radius 1 is 0.833 bits per heavy atom. The summed E-state index contributed by atoms with van der Waals surface area (Å²) in [6.45, 7) is 0. The van der Waals surface area contributed by atoms with Gasteiger partial charge in [0.25, 0.3) is 0 Å². The van der Waals surface area contributed by atoms with E-state index in [4.69, 9.17) is 9.47 Å². The molecule has 0 amide bonds. The van der Waals surface area contributed by atoms with Crippen LogP contribution in [0.1, 0.15) is 29.9 Å². The number of hydrogen-bond donors (Lipinski definition) is 0. The summed E-state index contributed by atoms with van der Waals surface area (Å²) in [6, 6.07) is 20.4. The Hall–Kier alpha value is -3.40. The van der Waals surface area contributed by atoms with Crippen LogP contribution < -0.4 is 9.47 Å². The Labute approximate surface area is 175 Å². The van der Waals surface area contributed by atoms with Crippen molar-refractivity contribution in [3.63, 3.8) is 0 Å². The number of benzene rings is 3. The van der Waals surface area contributed by atoms with E-state index in [1.165, 1.54) is 6.07 Å². The second-order valence-corrected chi connectivity index (χ2v) is 7.42. The summed E-state index contributed by atoms with van der Waals surface area (Å²) in [4.78, 5) is 12.5. The average molecular weight is 402 g/mol. The topological polar surface area (TPSA) is 35.5 Å². The third kappa shape index (κ3) is 3.99. The lowest BCUT2D eigenvalue weighted by Crippen LogP contribution is -2.12. The van der Waals surface area contributed by atoms with E-state index in [9.17, 15) is 9.18 Å². The van der Waals surface area contributed by atoms with Crippen molar-refractivity contribution in [2.45, 2.75) is 18.8 Å². The fourth-order valence-corrected chi connectivity index (χ4v) is 4.00. The Morgan fingerprint density at radius 3 is 2.30 bits per heavy atom. The molecule has 0 heterocycles. The molecule has 3 nitrogen and oxygen atoms in total. The Morgan fingerprint density at radius 2 is 1.60 bits per heavy atom. The fourth-order valence-electron chi connectivity index (χ4n) is 4.00. The quantitative estimate of drug-likeness (QED) is 0.522. The maximum absolute atomic E-state index is 14.8. The smallest absolute Gasteiger partial charge is 0.160 e. The molecule has 0 spiro atoms. The zero-order valence-corrected chi connectivity index (χ0v) is 17.0. The number of ketones is 1. The molecule has 1 aliphatic carbocycles. The lowest BCUT2D eigenvalue weighted by atomic mass is 9.80. The van der Waals surface area contributed by atoms with E-state index in [2.05, 4.69) is 0 Å². The molecule has 0 saturated heterocycles. The Bertz CT molecular complexity index is 1100. The Balaban J connectivity index is 1.63. The van der Waals surface area contributed by atoms with Gasteiger partial charge in [-0.05, 0) is 58.9 Å². The molecular weight excluding hydrogens is 379 g/mol. The summed E-state index contributed by atoms with van der Waals surface area (Å²) >= 11 is 0. The molecule has 152 valence electrons. The summed E-state index contributed by atoms with van der Waals surface area (Å²) in [5.41, 5.74) is 3.99. The SMILES string of the molecule is COc1ccc([C@H]2CC(=O)C=C(c3ccc(-c4ccccc4)c(F)c3)C2)cc1OC. The van der Waals surface area contributed by atoms with Gasteiger partial charge in [-0.3, -0.25) is 4.79 Å². The molecule has 4 heteroatoms. The highest BCUT2D eigenvalue weighted by Crippen LogP contribution is 2.39. The molecular formula is C26H23FO3. The first-order chi connectivity index (χ1) is 14.6. The van der Waals surface area contributed by atoms with Crippen LogP contribution in [0.25, 0.3) is 16.7 Å². The molecule has 0 aliphatic heterocycles. The molecule has 0 aromatic heterocycles. The molecule has 1 atom stereocenters. The van der Waals surface area contributed by atoms with E-state index < -0.39 is 0 Å². The maximum atomic E-state index is 14.8. The van der Waals surface area contributed by atoms with E-state index >= 15 is 0 Å². The van der Waals surface area contributed by atoms with E-state index in [-0.39, 0.29) is 17.5 Å². The van der Waals surface area contributed by atoms with Gasteiger partial charge in [0.2, 0.25) is 0 Å². The van der Waals surface area contributed by atoms with E-state index in [0.29, 0.717) is 29.9 Å². The number of rotatable bonds is 5. The van der Waals surface area contributed by atoms with Gasteiger partial charge in [0.05, 0.1) is 14.2 Å². The molecule has 0 radical (unpaired) electrons. The first-order valence-corrected chi connectivity index (χ1v) is 9.89. The highest BCUT2D eigenvalue weighted by Gasteiger charge is 2.24. The number of carbonyl (C=O) groups excluding carboxylic acids is 1. The predicted molar refractivity (Wildman–Crippen MR) is 116 cm³/mol. The standard InChI is InChI=1S/C26H23FO3/c1-29-25-11-9-19(16-26(25)30-2)21-12-20(13-22(28)14-21)18-8-10-23(24(27)15-18)17-6-4-3-5-7-17/h3-11,13,15-16,21H,12,14H2,1-2H3/t21-/m1/s1. The van der Waals surface area contributed by atoms with E-state index in [0.717, 1.165) is 22.3 Å². The van der Waals surface area contributed by atoms with Gasteiger partial charge < -0.3 is 9.47 Å². The van der Waals surface area contributed by atoms with Crippen LogP contribution in [0, 0.1) is 5.82 Å². The molecule has 0 N–H and O–H groups in total. The predicted octanol–water partition coefficient (Wildman–Crippen LogP) is 6.04. The van der Waals surface area contributed by atoms with Crippen LogP contribution in [0.15, 0.2) is 72.8 Å². The van der Waals surface area contributed by atoms with E-state index in [1.807, 2.05) is 54.6 Å². The zero-order valence-electron chi connectivity index (χ0n) is 17.0. The van der Waals surface area contributed by atoms with Crippen LogP contribution in [0.5, 0.6) is 11.5 Å². The third-order valence-electron chi connectivity index (χ3n) is 5.55. The van der Waals surface area contributed by atoms with Crippen LogP contribution in [0.4, 0.5) is 4.39 Å². The third-order valence-corrected chi connectivity index (χ3v) is 5.55. The van der Waals surface area contributed by atoms with E-state index in [1.54, 1.807) is 26.4 Å². The van der Waals surface area contributed by atoms with Crippen molar-refractivity contribution >= 4 is 11.4 Å². The fraction of sp³-hybridized carbons (Fsp3) is 0.192. The van der Waals surface area contributed by atoms with Gasteiger partial charge in [0, 0.05) is 12.0 Å². The van der Waals surface area contributed by atoms with Crippen molar-refractivity contribution < 1.29 is 18.7 Å². The number of halogens is 1. The average Bonchev–Trinajstić information content (AvgIpc) is 2.78. The highest BCUT2D eigenvalue weighted by molar-refractivity contribution is 5.99. The minimum Gasteiger partial charge on any atom is -0.493 e. The molecule has 30 heavy (non-hydrogen) atoms. The normalized spacial score (nSPS) is 16.2. The summed E-state index contributed by atoms with van der Waals surface area (Å²) in [6.07, 6.45) is 2.73. The second-order valence-electron chi connectivity index (χ2n) is 7.42. The monoisotopic (exact) mass is 402 g/mol. The molecule has 4 rings (SSSR count). The van der Waals surface area contributed by atoms with Crippen LogP contribution in [-0.2, 0) is 4.79 Å². The van der Waals surface area contributed by atoms with Crippen molar-refractivity contribution in [1.29, 1.82) is 0 Å². The van der Waals surface area contributed by atoms with Crippen molar-refractivity contribution in [3.8, 4) is 22.6 Å². The van der Waals surface area contributed by atoms with Crippen molar-refractivity contribution in [2.24, 2.45) is 0 Å². The number of methoxy groups -OCH3 is 2. The second kappa shape index (κ2) is 8.54. The first kappa shape index (κ1) is 19.9. The molecule has 0 unspecified atom stereocenters.